The molecule has 0 bridgehead atoms. The fourth-order valence-electron chi connectivity index (χ4n) is 3.19. The van der Waals surface area contributed by atoms with Crippen molar-refractivity contribution in [1.29, 1.82) is 0 Å². The zero-order valence-electron chi connectivity index (χ0n) is 16.6. The third-order valence-corrected chi connectivity index (χ3v) is 4.88. The summed E-state index contributed by atoms with van der Waals surface area (Å²) in [5, 5.41) is 0. The van der Waals surface area contributed by atoms with Crippen LogP contribution in [0, 0.1) is 0 Å². The third-order valence-electron chi connectivity index (χ3n) is 4.88. The maximum Gasteiger partial charge on any atom is 0.119 e. The van der Waals surface area contributed by atoms with Gasteiger partial charge in [-0.25, -0.2) is 0 Å². The molecule has 1 nitrogen and oxygen atoms in total. The molecule has 25 heavy (non-hydrogen) atoms. The first-order chi connectivity index (χ1) is 12.4. The summed E-state index contributed by atoms with van der Waals surface area (Å²) in [5.41, 5.74) is 1.14. The van der Waals surface area contributed by atoms with Crippen molar-refractivity contribution in [2.75, 3.05) is 6.61 Å². The van der Waals surface area contributed by atoms with Crippen molar-refractivity contribution in [2.24, 2.45) is 0 Å². The third kappa shape index (κ3) is 12.7. The summed E-state index contributed by atoms with van der Waals surface area (Å²) < 4.78 is 5.78. The highest BCUT2D eigenvalue weighted by Crippen LogP contribution is 2.15. The van der Waals surface area contributed by atoms with Gasteiger partial charge in [0.05, 0.1) is 6.61 Å². The smallest absolute Gasteiger partial charge is 0.119 e. The lowest BCUT2D eigenvalue weighted by atomic mass is 10.0. The van der Waals surface area contributed by atoms with Crippen LogP contribution in [0.1, 0.15) is 102 Å². The van der Waals surface area contributed by atoms with Crippen molar-refractivity contribution in [3.8, 4) is 5.75 Å². The maximum atomic E-state index is 5.78. The Hall–Kier alpha value is -1.24. The average molecular weight is 345 g/mol. The monoisotopic (exact) mass is 344 g/mol. The minimum Gasteiger partial charge on any atom is -0.494 e. The number of hydrogen-bond donors (Lipinski definition) is 0. The summed E-state index contributed by atoms with van der Waals surface area (Å²) in [6.07, 6.45) is 21.4. The number of ether oxygens (including phenoxy) is 1. The van der Waals surface area contributed by atoms with Crippen LogP contribution < -0.4 is 4.74 Å². The molecule has 142 valence electrons. The van der Waals surface area contributed by atoms with Crippen LogP contribution in [0.4, 0.5) is 0 Å². The van der Waals surface area contributed by atoms with Gasteiger partial charge in [-0.05, 0) is 24.1 Å². The fraction of sp³-hybridized carbons (Fsp3) is 0.667. The highest BCUT2D eigenvalue weighted by Gasteiger charge is 1.96. The molecule has 0 N–H and O–H groups in total. The molecule has 0 spiro atoms. The summed E-state index contributed by atoms with van der Waals surface area (Å²) in [5.74, 6) is 0.972. The fourth-order valence-corrected chi connectivity index (χ4v) is 3.19. The molecule has 1 aromatic rings. The first-order valence-corrected chi connectivity index (χ1v) is 10.7. The van der Waals surface area contributed by atoms with E-state index in [1.807, 2.05) is 30.3 Å². The van der Waals surface area contributed by atoms with Gasteiger partial charge in [0.1, 0.15) is 5.75 Å². The average Bonchev–Trinajstić information content (AvgIpc) is 2.65. The molecule has 1 aromatic carbocycles. The van der Waals surface area contributed by atoms with Crippen molar-refractivity contribution >= 4 is 6.08 Å². The van der Waals surface area contributed by atoms with Crippen LogP contribution in [0.3, 0.4) is 0 Å². The molecular formula is C24H40O. The van der Waals surface area contributed by atoms with E-state index < -0.39 is 0 Å². The molecular weight excluding hydrogens is 304 g/mol. The normalized spacial score (nSPS) is 10.8. The Morgan fingerprint density at radius 1 is 0.680 bits per heavy atom. The highest BCUT2D eigenvalue weighted by molar-refractivity contribution is 5.48. The molecule has 0 heterocycles. The Labute approximate surface area is 156 Å². The predicted molar refractivity (Wildman–Crippen MR) is 112 cm³/mol. The zero-order chi connectivity index (χ0) is 18.0. The van der Waals surface area contributed by atoms with Crippen LogP contribution >= 0.6 is 0 Å². The first-order valence-electron chi connectivity index (χ1n) is 10.7. The molecule has 0 radical (unpaired) electrons. The van der Waals surface area contributed by atoms with E-state index >= 15 is 0 Å². The summed E-state index contributed by atoms with van der Waals surface area (Å²) in [6.45, 7) is 6.89. The van der Waals surface area contributed by atoms with E-state index in [4.69, 9.17) is 4.74 Å². The second-order valence-electron chi connectivity index (χ2n) is 7.22. The van der Waals surface area contributed by atoms with Gasteiger partial charge in [0, 0.05) is 0 Å². The Balaban J connectivity index is 1.79. The minimum absolute atomic E-state index is 0.839. The number of rotatable bonds is 17. The van der Waals surface area contributed by atoms with Crippen LogP contribution in [0.25, 0.3) is 6.08 Å². The molecule has 0 atom stereocenters. The standard InChI is InChI=1S/C24H40O/c1-3-5-6-7-8-9-10-11-12-13-14-15-16-17-22-25-24-20-18-23(4-2)19-21-24/h4,18-21H,2-3,5-17,22H2,1H3. The summed E-state index contributed by atoms with van der Waals surface area (Å²) in [4.78, 5) is 0. The quantitative estimate of drug-likeness (QED) is 0.259. The van der Waals surface area contributed by atoms with Crippen molar-refractivity contribution in [1.82, 2.24) is 0 Å². The van der Waals surface area contributed by atoms with Crippen LogP contribution in [0.2, 0.25) is 0 Å². The predicted octanol–water partition coefficient (Wildman–Crippen LogP) is 8.19. The second-order valence-corrected chi connectivity index (χ2v) is 7.22. The van der Waals surface area contributed by atoms with E-state index in [-0.39, 0.29) is 0 Å². The molecule has 1 rings (SSSR count). The molecule has 0 aliphatic rings. The van der Waals surface area contributed by atoms with Gasteiger partial charge < -0.3 is 4.74 Å². The van der Waals surface area contributed by atoms with Gasteiger partial charge in [-0.1, -0.05) is 115 Å². The molecule has 1 heteroatoms. The van der Waals surface area contributed by atoms with Gasteiger partial charge in [-0.2, -0.15) is 0 Å². The van der Waals surface area contributed by atoms with E-state index in [2.05, 4.69) is 13.5 Å². The lowest BCUT2D eigenvalue weighted by Crippen LogP contribution is -1.97. The molecule has 0 fully saturated rings. The molecule has 0 amide bonds. The van der Waals surface area contributed by atoms with E-state index in [0.717, 1.165) is 17.9 Å². The summed E-state index contributed by atoms with van der Waals surface area (Å²) in [7, 11) is 0. The Morgan fingerprint density at radius 2 is 1.12 bits per heavy atom. The first kappa shape index (κ1) is 21.8. The van der Waals surface area contributed by atoms with E-state index in [0.29, 0.717) is 0 Å². The molecule has 0 aromatic heterocycles. The van der Waals surface area contributed by atoms with Crippen molar-refractivity contribution in [3.05, 3.63) is 36.4 Å². The highest BCUT2D eigenvalue weighted by atomic mass is 16.5. The molecule has 0 saturated heterocycles. The van der Waals surface area contributed by atoms with Crippen LogP contribution in [0.5, 0.6) is 5.75 Å². The Kier molecular flexibility index (Phi) is 14.2. The van der Waals surface area contributed by atoms with Gasteiger partial charge in [0.2, 0.25) is 0 Å². The second kappa shape index (κ2) is 16.2. The summed E-state index contributed by atoms with van der Waals surface area (Å²) >= 11 is 0. The topological polar surface area (TPSA) is 9.23 Å². The van der Waals surface area contributed by atoms with Gasteiger partial charge in [-0.15, -0.1) is 0 Å². The van der Waals surface area contributed by atoms with Gasteiger partial charge in [-0.3, -0.25) is 0 Å². The van der Waals surface area contributed by atoms with Gasteiger partial charge in [0.25, 0.3) is 0 Å². The lowest BCUT2D eigenvalue weighted by Gasteiger charge is -2.06. The molecule has 0 aliphatic heterocycles. The number of hydrogen-bond acceptors (Lipinski definition) is 1. The zero-order valence-corrected chi connectivity index (χ0v) is 16.6. The molecule has 0 unspecified atom stereocenters. The summed E-state index contributed by atoms with van der Waals surface area (Å²) in [6, 6.07) is 8.16. The Bertz CT molecular complexity index is 407. The van der Waals surface area contributed by atoms with E-state index in [9.17, 15) is 0 Å². The number of unbranched alkanes of at least 4 members (excludes halogenated alkanes) is 13. The largest absolute Gasteiger partial charge is 0.494 e. The molecule has 0 saturated carbocycles. The SMILES string of the molecule is C=Cc1ccc(OCCCCCCCCCCCCCCCC)cc1. The van der Waals surface area contributed by atoms with Crippen molar-refractivity contribution < 1.29 is 4.74 Å². The number of benzene rings is 1. The lowest BCUT2D eigenvalue weighted by molar-refractivity contribution is 0.304. The Morgan fingerprint density at radius 3 is 1.56 bits per heavy atom. The van der Waals surface area contributed by atoms with Crippen LogP contribution in [0.15, 0.2) is 30.8 Å². The van der Waals surface area contributed by atoms with E-state index in [1.54, 1.807) is 0 Å². The van der Waals surface area contributed by atoms with Crippen LogP contribution in [-0.2, 0) is 0 Å². The maximum absolute atomic E-state index is 5.78. The van der Waals surface area contributed by atoms with E-state index in [1.165, 1.54) is 89.9 Å². The minimum atomic E-state index is 0.839. The van der Waals surface area contributed by atoms with Gasteiger partial charge >= 0.3 is 0 Å². The van der Waals surface area contributed by atoms with Crippen molar-refractivity contribution in [3.63, 3.8) is 0 Å². The van der Waals surface area contributed by atoms with Crippen molar-refractivity contribution in [2.45, 2.75) is 96.8 Å². The molecule has 0 aliphatic carbocycles. The van der Waals surface area contributed by atoms with Gasteiger partial charge in [0.15, 0.2) is 0 Å². The van der Waals surface area contributed by atoms with Crippen LogP contribution in [-0.4, -0.2) is 6.61 Å².